The minimum atomic E-state index is -1.15. The van der Waals surface area contributed by atoms with Crippen molar-refractivity contribution in [1.29, 1.82) is 0 Å². The molecule has 0 unspecified atom stereocenters. The van der Waals surface area contributed by atoms with Crippen molar-refractivity contribution in [3.63, 3.8) is 0 Å². The summed E-state index contributed by atoms with van der Waals surface area (Å²) in [5.41, 5.74) is 2.10. The summed E-state index contributed by atoms with van der Waals surface area (Å²) >= 11 is 0. The number of hydrogen-bond acceptors (Lipinski definition) is 9. The van der Waals surface area contributed by atoms with Crippen LogP contribution in [0.15, 0.2) is 36.5 Å². The number of carbonyl (C=O) groups is 5. The third-order valence-corrected chi connectivity index (χ3v) is 7.88. The molecule has 3 atom stereocenters. The molecule has 13 heteroatoms. The van der Waals surface area contributed by atoms with Gasteiger partial charge in [-0.1, -0.05) is 19.9 Å². The molecule has 1 fully saturated rings. The number of carbonyl (C=O) groups excluding carboxylic acids is 5. The van der Waals surface area contributed by atoms with Gasteiger partial charge in [0.2, 0.25) is 11.8 Å². The molecular formula is C33H41N5O8. The van der Waals surface area contributed by atoms with E-state index in [9.17, 15) is 24.0 Å². The second-order valence-corrected chi connectivity index (χ2v) is 11.7. The average Bonchev–Trinajstić information content (AvgIpc) is 3.65. The molecule has 1 aliphatic rings. The van der Waals surface area contributed by atoms with Crippen LogP contribution in [0.4, 0.5) is 0 Å². The van der Waals surface area contributed by atoms with E-state index < -0.39 is 48.2 Å². The number of nitrogens with one attached hydrogen (secondary N) is 4. The number of H-pyrrole nitrogens is 1. The van der Waals surface area contributed by atoms with Crippen molar-refractivity contribution in [3.05, 3.63) is 59.0 Å². The predicted octanol–water partition coefficient (Wildman–Crippen LogP) is 2.61. The number of methoxy groups -OCH3 is 2. The number of fused-ring (bicyclic) bond motifs is 1. The van der Waals surface area contributed by atoms with E-state index in [1.54, 1.807) is 37.4 Å². The highest BCUT2D eigenvalue weighted by molar-refractivity contribution is 6.02. The lowest BCUT2D eigenvalue weighted by atomic mass is 9.95. The zero-order chi connectivity index (χ0) is 33.4. The van der Waals surface area contributed by atoms with Crippen molar-refractivity contribution >= 4 is 40.4 Å². The van der Waals surface area contributed by atoms with Gasteiger partial charge in [0.15, 0.2) is 12.4 Å². The first-order valence-electron chi connectivity index (χ1n) is 15.2. The molecule has 0 spiro atoms. The molecule has 0 aliphatic carbocycles. The van der Waals surface area contributed by atoms with E-state index in [1.165, 1.54) is 14.2 Å². The fraction of sp³-hybridized carbons (Fsp3) is 0.455. The zero-order valence-electron chi connectivity index (χ0n) is 26.7. The zero-order valence-corrected chi connectivity index (χ0v) is 26.7. The lowest BCUT2D eigenvalue weighted by Crippen LogP contribution is -2.53. The van der Waals surface area contributed by atoms with Crippen LogP contribution >= 0.6 is 0 Å². The molecule has 4 N–H and O–H groups in total. The molecule has 0 bridgehead atoms. The number of aromatic amines is 1. The van der Waals surface area contributed by atoms with E-state index in [2.05, 4.69) is 25.9 Å². The number of amides is 3. The molecular weight excluding hydrogens is 594 g/mol. The molecule has 3 heterocycles. The lowest BCUT2D eigenvalue weighted by molar-refractivity contribution is -0.131. The molecule has 0 radical (unpaired) electrons. The van der Waals surface area contributed by atoms with Crippen LogP contribution in [0, 0.1) is 18.8 Å². The highest BCUT2D eigenvalue weighted by atomic mass is 16.5. The lowest BCUT2D eigenvalue weighted by Gasteiger charge is -2.25. The number of rotatable bonds is 15. The fourth-order valence-corrected chi connectivity index (χ4v) is 5.55. The quantitative estimate of drug-likeness (QED) is 0.183. The van der Waals surface area contributed by atoms with Crippen LogP contribution in [0.3, 0.4) is 0 Å². The van der Waals surface area contributed by atoms with E-state index in [0.29, 0.717) is 40.9 Å². The Hall–Kier alpha value is -4.78. The Labute approximate surface area is 267 Å². The van der Waals surface area contributed by atoms with Crippen LogP contribution < -0.4 is 20.7 Å². The second-order valence-electron chi connectivity index (χ2n) is 11.7. The molecule has 246 valence electrons. The van der Waals surface area contributed by atoms with Gasteiger partial charge < -0.3 is 35.1 Å². The Morgan fingerprint density at radius 3 is 2.54 bits per heavy atom. The molecule has 46 heavy (non-hydrogen) atoms. The third-order valence-electron chi connectivity index (χ3n) is 7.88. The van der Waals surface area contributed by atoms with E-state index in [0.717, 1.165) is 0 Å². The van der Waals surface area contributed by atoms with Crippen LogP contribution in [0.2, 0.25) is 0 Å². The first-order chi connectivity index (χ1) is 22.0. The van der Waals surface area contributed by atoms with Crippen molar-refractivity contribution in [1.82, 2.24) is 25.9 Å². The van der Waals surface area contributed by atoms with Crippen molar-refractivity contribution < 1.29 is 38.2 Å². The van der Waals surface area contributed by atoms with Gasteiger partial charge in [-0.3, -0.25) is 24.2 Å². The molecule has 2 aromatic heterocycles. The summed E-state index contributed by atoms with van der Waals surface area (Å²) in [6.45, 7) is 5.42. The van der Waals surface area contributed by atoms with Gasteiger partial charge >= 0.3 is 5.97 Å². The van der Waals surface area contributed by atoms with Gasteiger partial charge in [-0.2, -0.15) is 0 Å². The maximum absolute atomic E-state index is 13.7. The number of ketones is 1. The number of Topliss-reactive ketones (excluding diaryl/α,β-unsaturated/α-hetero) is 1. The van der Waals surface area contributed by atoms with E-state index in [-0.39, 0.29) is 42.5 Å². The minimum absolute atomic E-state index is 0.0126. The number of nitrogens with zero attached hydrogens (tertiary/aromatic N) is 1. The summed E-state index contributed by atoms with van der Waals surface area (Å²) < 4.78 is 15.9. The number of ether oxygens (including phenoxy) is 3. The standard InChI is InChI=1S/C33H41N5O8/c1-18(2)13-25(38-32(42)26-15-22-23(36-26)7-6-8-28(22)45-5)31(41)37-24(14-20-9-12-35-30(20)40)27(39)17-46-33(43)29-19(3)34-11-10-21(29)16-44-4/h6-8,10-11,15,18,20,24-25,36H,9,12-14,16-17H2,1-5H3,(H,35,40)(H,37,41)(H,38,42)/t20-,24-,25-/m0/s1. The van der Waals surface area contributed by atoms with Crippen LogP contribution in [0.5, 0.6) is 5.75 Å². The Balaban J connectivity index is 1.50. The van der Waals surface area contributed by atoms with Gasteiger partial charge in [-0.15, -0.1) is 0 Å². The number of pyridine rings is 1. The largest absolute Gasteiger partial charge is 0.496 e. The van der Waals surface area contributed by atoms with Gasteiger partial charge in [0.05, 0.1) is 31.0 Å². The second kappa shape index (κ2) is 15.5. The summed E-state index contributed by atoms with van der Waals surface area (Å²) in [5, 5.41) is 8.98. The van der Waals surface area contributed by atoms with E-state index >= 15 is 0 Å². The maximum Gasteiger partial charge on any atom is 0.340 e. The molecule has 1 aliphatic heterocycles. The molecule has 3 amide bonds. The van der Waals surface area contributed by atoms with E-state index in [4.69, 9.17) is 14.2 Å². The minimum Gasteiger partial charge on any atom is -0.496 e. The maximum atomic E-state index is 13.7. The molecule has 13 nitrogen and oxygen atoms in total. The van der Waals surface area contributed by atoms with Crippen molar-refractivity contribution in [3.8, 4) is 5.75 Å². The van der Waals surface area contributed by atoms with E-state index in [1.807, 2.05) is 19.9 Å². The normalized spacial score (nSPS) is 15.7. The van der Waals surface area contributed by atoms with Crippen LogP contribution in [-0.4, -0.2) is 78.9 Å². The number of esters is 1. The summed E-state index contributed by atoms with van der Waals surface area (Å²) in [6.07, 6.45) is 2.33. The smallest absolute Gasteiger partial charge is 0.340 e. The van der Waals surface area contributed by atoms with Crippen LogP contribution in [0.1, 0.15) is 65.2 Å². The Morgan fingerprint density at radius 2 is 1.87 bits per heavy atom. The Bertz CT molecular complexity index is 1600. The van der Waals surface area contributed by atoms with Gasteiger partial charge in [0.25, 0.3) is 5.91 Å². The van der Waals surface area contributed by atoms with Gasteiger partial charge in [0, 0.05) is 36.7 Å². The first kappa shape index (κ1) is 34.1. The molecule has 1 aromatic carbocycles. The first-order valence-corrected chi connectivity index (χ1v) is 15.2. The molecule has 1 saturated heterocycles. The van der Waals surface area contributed by atoms with Crippen molar-refractivity contribution in [2.24, 2.45) is 11.8 Å². The Morgan fingerprint density at radius 1 is 1.09 bits per heavy atom. The number of benzene rings is 1. The van der Waals surface area contributed by atoms with Gasteiger partial charge in [-0.25, -0.2) is 4.79 Å². The summed E-state index contributed by atoms with van der Waals surface area (Å²) in [6, 6.07) is 6.52. The topological polar surface area (TPSA) is 178 Å². The van der Waals surface area contributed by atoms with Crippen molar-refractivity contribution in [2.45, 2.75) is 58.7 Å². The average molecular weight is 636 g/mol. The monoisotopic (exact) mass is 635 g/mol. The molecule has 3 aromatic rings. The SMILES string of the molecule is COCc1ccnc(C)c1C(=O)OCC(=O)[C@H](C[C@@H]1CCNC1=O)NC(=O)[C@H](CC(C)C)NC(=O)c1cc2c(OC)cccc2[nH]1. The summed E-state index contributed by atoms with van der Waals surface area (Å²) in [4.78, 5) is 73.1. The van der Waals surface area contributed by atoms with Gasteiger partial charge in [0.1, 0.15) is 17.5 Å². The highest BCUT2D eigenvalue weighted by Crippen LogP contribution is 2.26. The predicted molar refractivity (Wildman–Crippen MR) is 168 cm³/mol. The summed E-state index contributed by atoms with van der Waals surface area (Å²) in [7, 11) is 3.03. The Kier molecular flexibility index (Phi) is 11.5. The molecule has 0 saturated carbocycles. The van der Waals surface area contributed by atoms with Crippen LogP contribution in [0.25, 0.3) is 10.9 Å². The van der Waals surface area contributed by atoms with Gasteiger partial charge in [-0.05, 0) is 61.9 Å². The third kappa shape index (κ3) is 8.27. The number of hydrogen-bond donors (Lipinski definition) is 4. The molecule has 4 rings (SSSR count). The number of aromatic nitrogens is 2. The van der Waals surface area contributed by atoms with Crippen molar-refractivity contribution in [2.75, 3.05) is 27.4 Å². The fourth-order valence-electron chi connectivity index (χ4n) is 5.55. The van der Waals surface area contributed by atoms with Crippen LogP contribution in [-0.2, 0) is 30.5 Å². The summed E-state index contributed by atoms with van der Waals surface area (Å²) in [5.74, 6) is -2.58. The highest BCUT2D eigenvalue weighted by Gasteiger charge is 2.34. The number of aryl methyl sites for hydroxylation is 1.